The predicted molar refractivity (Wildman–Crippen MR) is 59.1 cm³/mol. The molecule has 88 valence electrons. The molecule has 1 aromatic carbocycles. The minimum Gasteiger partial charge on any atom is -0.490 e. The highest BCUT2D eigenvalue weighted by atomic mass is 19.1. The average molecular weight is 226 g/mol. The molecule has 0 bridgehead atoms. The van der Waals surface area contributed by atoms with Crippen LogP contribution >= 0.6 is 0 Å². The Bertz CT molecular complexity index is 339. The molecule has 0 amide bonds. The van der Waals surface area contributed by atoms with E-state index >= 15 is 0 Å². The van der Waals surface area contributed by atoms with Crippen molar-refractivity contribution >= 4 is 6.29 Å². The fourth-order valence-corrected chi connectivity index (χ4v) is 1.22. The Labute approximate surface area is 94.2 Å². The van der Waals surface area contributed by atoms with Crippen molar-refractivity contribution in [1.82, 2.24) is 0 Å². The smallest absolute Gasteiger partial charge is 0.161 e. The monoisotopic (exact) mass is 226 g/mol. The van der Waals surface area contributed by atoms with Crippen LogP contribution < -0.4 is 9.47 Å². The van der Waals surface area contributed by atoms with Crippen LogP contribution in [-0.2, 0) is 0 Å². The summed E-state index contributed by atoms with van der Waals surface area (Å²) >= 11 is 0. The van der Waals surface area contributed by atoms with Gasteiger partial charge in [-0.3, -0.25) is 9.18 Å². The zero-order valence-corrected chi connectivity index (χ0v) is 9.24. The molecule has 1 rings (SSSR count). The van der Waals surface area contributed by atoms with Gasteiger partial charge in [-0.05, 0) is 25.1 Å². The predicted octanol–water partition coefficient (Wildman–Crippen LogP) is 2.64. The molecule has 0 heterocycles. The van der Waals surface area contributed by atoms with Crippen LogP contribution in [0, 0.1) is 0 Å². The van der Waals surface area contributed by atoms with E-state index in [-0.39, 0.29) is 0 Å². The van der Waals surface area contributed by atoms with E-state index in [0.717, 1.165) is 6.29 Å². The van der Waals surface area contributed by atoms with Gasteiger partial charge in [0.05, 0.1) is 19.9 Å². The van der Waals surface area contributed by atoms with Crippen LogP contribution in [-0.4, -0.2) is 26.2 Å². The van der Waals surface area contributed by atoms with E-state index in [0.29, 0.717) is 36.7 Å². The number of hydrogen-bond donors (Lipinski definition) is 0. The maximum atomic E-state index is 11.9. The molecule has 0 aliphatic carbocycles. The van der Waals surface area contributed by atoms with Crippen LogP contribution in [0.15, 0.2) is 18.2 Å². The van der Waals surface area contributed by atoms with Gasteiger partial charge in [0.2, 0.25) is 0 Å². The lowest BCUT2D eigenvalue weighted by Gasteiger charge is -2.11. The summed E-state index contributed by atoms with van der Waals surface area (Å²) in [6.07, 6.45) is 1.09. The molecule has 1 aromatic rings. The Morgan fingerprint density at radius 3 is 2.75 bits per heavy atom. The van der Waals surface area contributed by atoms with Crippen LogP contribution in [0.1, 0.15) is 23.7 Å². The fourth-order valence-electron chi connectivity index (χ4n) is 1.22. The molecule has 16 heavy (non-hydrogen) atoms. The Balaban J connectivity index is 2.76. The minimum atomic E-state index is -0.406. The Morgan fingerprint density at radius 1 is 1.31 bits per heavy atom. The number of rotatable bonds is 7. The first-order chi connectivity index (χ1) is 7.81. The lowest BCUT2D eigenvalue weighted by atomic mass is 10.2. The number of carbonyl (C=O) groups excluding carboxylic acids is 1. The lowest BCUT2D eigenvalue weighted by molar-refractivity contribution is 0.112. The lowest BCUT2D eigenvalue weighted by Crippen LogP contribution is -2.02. The molecule has 3 nitrogen and oxygen atoms in total. The van der Waals surface area contributed by atoms with Crippen molar-refractivity contribution in [1.29, 1.82) is 0 Å². The summed E-state index contributed by atoms with van der Waals surface area (Å²) in [6, 6.07) is 4.91. The first-order valence-corrected chi connectivity index (χ1v) is 5.22. The normalized spacial score (nSPS) is 9.88. The molecule has 0 aliphatic heterocycles. The molecule has 0 saturated heterocycles. The number of halogens is 1. The second-order valence-corrected chi connectivity index (χ2v) is 3.15. The van der Waals surface area contributed by atoms with Gasteiger partial charge in [-0.25, -0.2) is 0 Å². The summed E-state index contributed by atoms with van der Waals surface area (Å²) < 4.78 is 22.6. The van der Waals surface area contributed by atoms with Gasteiger partial charge in [0, 0.05) is 12.0 Å². The molecule has 4 heteroatoms. The summed E-state index contributed by atoms with van der Waals surface area (Å²) in [7, 11) is 0. The second-order valence-electron chi connectivity index (χ2n) is 3.15. The number of ether oxygens (including phenoxy) is 2. The molecule has 0 spiro atoms. The minimum absolute atomic E-state index is 0.303. The quantitative estimate of drug-likeness (QED) is 0.529. The van der Waals surface area contributed by atoms with Gasteiger partial charge in [0.15, 0.2) is 11.5 Å². The number of carbonyl (C=O) groups is 1. The van der Waals surface area contributed by atoms with E-state index in [1.165, 1.54) is 0 Å². The summed E-state index contributed by atoms with van der Waals surface area (Å²) in [5.41, 5.74) is 0.529. The van der Waals surface area contributed by atoms with Gasteiger partial charge in [-0.15, -0.1) is 0 Å². The average Bonchev–Trinajstić information content (AvgIpc) is 2.31. The van der Waals surface area contributed by atoms with E-state index in [1.807, 2.05) is 6.92 Å². The molecule has 0 N–H and O–H groups in total. The Morgan fingerprint density at radius 2 is 2.12 bits per heavy atom. The van der Waals surface area contributed by atoms with E-state index in [2.05, 4.69) is 0 Å². The third-order valence-electron chi connectivity index (χ3n) is 1.94. The van der Waals surface area contributed by atoms with Crippen LogP contribution in [0.2, 0.25) is 0 Å². The fraction of sp³-hybridized carbons (Fsp3) is 0.417. The molecule has 0 fully saturated rings. The van der Waals surface area contributed by atoms with Crippen molar-refractivity contribution in [3.8, 4) is 11.5 Å². The molecule has 0 unspecified atom stereocenters. The highest BCUT2D eigenvalue weighted by Gasteiger charge is 2.05. The van der Waals surface area contributed by atoms with Gasteiger partial charge >= 0.3 is 0 Å². The van der Waals surface area contributed by atoms with Crippen LogP contribution in [0.25, 0.3) is 0 Å². The molecule has 0 atom stereocenters. The van der Waals surface area contributed by atoms with E-state index < -0.39 is 6.67 Å². The Hall–Kier alpha value is -1.58. The summed E-state index contributed by atoms with van der Waals surface area (Å²) in [4.78, 5) is 10.6. The number of aldehydes is 1. The third kappa shape index (κ3) is 3.53. The standard InChI is InChI=1S/C12H15FO3/c1-2-15-12-8-10(9-14)4-5-11(12)16-7-3-6-13/h4-5,8-9H,2-3,6-7H2,1H3. The largest absolute Gasteiger partial charge is 0.490 e. The van der Waals surface area contributed by atoms with Gasteiger partial charge < -0.3 is 9.47 Å². The molecule has 0 aliphatic rings. The van der Waals surface area contributed by atoms with Crippen LogP contribution in [0.4, 0.5) is 4.39 Å². The second kappa shape index (κ2) is 6.82. The van der Waals surface area contributed by atoms with Gasteiger partial charge in [0.25, 0.3) is 0 Å². The van der Waals surface area contributed by atoms with Gasteiger partial charge in [0.1, 0.15) is 6.29 Å². The maximum absolute atomic E-state index is 11.9. The number of hydrogen-bond acceptors (Lipinski definition) is 3. The van der Waals surface area contributed by atoms with Crippen molar-refractivity contribution < 1.29 is 18.7 Å². The SMILES string of the molecule is CCOc1cc(C=O)ccc1OCCCF. The molecular weight excluding hydrogens is 211 g/mol. The summed E-state index contributed by atoms with van der Waals surface area (Å²) in [5.74, 6) is 1.06. The third-order valence-corrected chi connectivity index (χ3v) is 1.94. The summed E-state index contributed by atoms with van der Waals surface area (Å²) in [5, 5.41) is 0. The van der Waals surface area contributed by atoms with Crippen molar-refractivity contribution in [2.45, 2.75) is 13.3 Å². The van der Waals surface area contributed by atoms with Gasteiger partial charge in [-0.1, -0.05) is 0 Å². The topological polar surface area (TPSA) is 35.5 Å². The van der Waals surface area contributed by atoms with Crippen LogP contribution in [0.3, 0.4) is 0 Å². The van der Waals surface area contributed by atoms with E-state index in [9.17, 15) is 9.18 Å². The van der Waals surface area contributed by atoms with Crippen molar-refractivity contribution in [3.63, 3.8) is 0 Å². The molecular formula is C12H15FO3. The van der Waals surface area contributed by atoms with Crippen molar-refractivity contribution in [2.24, 2.45) is 0 Å². The first kappa shape index (κ1) is 12.5. The van der Waals surface area contributed by atoms with Crippen molar-refractivity contribution in [3.05, 3.63) is 23.8 Å². The highest BCUT2D eigenvalue weighted by Crippen LogP contribution is 2.28. The Kier molecular flexibility index (Phi) is 5.32. The van der Waals surface area contributed by atoms with Gasteiger partial charge in [-0.2, -0.15) is 0 Å². The first-order valence-electron chi connectivity index (χ1n) is 5.22. The highest BCUT2D eigenvalue weighted by molar-refractivity contribution is 5.76. The maximum Gasteiger partial charge on any atom is 0.161 e. The van der Waals surface area contributed by atoms with E-state index in [1.54, 1.807) is 18.2 Å². The zero-order chi connectivity index (χ0) is 11.8. The molecule has 0 radical (unpaired) electrons. The number of alkyl halides is 1. The molecule has 0 aromatic heterocycles. The zero-order valence-electron chi connectivity index (χ0n) is 9.24. The van der Waals surface area contributed by atoms with Crippen molar-refractivity contribution in [2.75, 3.05) is 19.9 Å². The van der Waals surface area contributed by atoms with Crippen LogP contribution in [0.5, 0.6) is 11.5 Å². The number of benzene rings is 1. The summed E-state index contributed by atoms with van der Waals surface area (Å²) in [6.45, 7) is 2.23. The van der Waals surface area contributed by atoms with E-state index in [4.69, 9.17) is 9.47 Å². The molecule has 0 saturated carbocycles.